The number of piperidine rings is 1. The van der Waals surface area contributed by atoms with Crippen LogP contribution in [-0.2, 0) is 9.59 Å². The Morgan fingerprint density at radius 3 is 2.40 bits per heavy atom. The van der Waals surface area contributed by atoms with Crippen LogP contribution in [0, 0.1) is 18.8 Å². The van der Waals surface area contributed by atoms with Gasteiger partial charge in [-0.15, -0.1) is 0 Å². The van der Waals surface area contributed by atoms with Gasteiger partial charge in [0, 0.05) is 18.0 Å². The van der Waals surface area contributed by atoms with Gasteiger partial charge in [0.25, 0.3) is 0 Å². The number of likely N-dealkylation sites (tertiary alicyclic amines) is 1. The fraction of sp³-hybridized carbons (Fsp3) is 0.722. The highest BCUT2D eigenvalue weighted by atomic mass is 16.5. The van der Waals surface area contributed by atoms with Crippen molar-refractivity contribution in [3.63, 3.8) is 0 Å². The predicted molar refractivity (Wildman–Crippen MR) is 96.1 cm³/mol. The SMILES string of the molecule is Cc1cc(NC(=O)C(C)N2CCC(C(=O)NC(C)C(C)C)CC2)no1. The lowest BCUT2D eigenvalue weighted by molar-refractivity contribution is -0.128. The summed E-state index contributed by atoms with van der Waals surface area (Å²) in [6.45, 7) is 11.4. The zero-order valence-corrected chi connectivity index (χ0v) is 15.8. The summed E-state index contributed by atoms with van der Waals surface area (Å²) in [5.41, 5.74) is 0. The standard InChI is InChI=1S/C18H30N4O3/c1-11(2)13(4)19-18(24)15-6-8-22(9-7-15)14(5)17(23)20-16-10-12(3)25-21-16/h10-11,13-15H,6-9H2,1-5H3,(H,19,24)(H,20,21,23). The second kappa shape index (κ2) is 8.47. The average molecular weight is 350 g/mol. The molecule has 140 valence electrons. The van der Waals surface area contributed by atoms with Gasteiger partial charge in [0.1, 0.15) is 5.76 Å². The van der Waals surface area contributed by atoms with Gasteiger partial charge in [-0.2, -0.15) is 0 Å². The molecule has 1 saturated heterocycles. The third-order valence-corrected chi connectivity index (χ3v) is 5.08. The zero-order valence-electron chi connectivity index (χ0n) is 15.8. The fourth-order valence-corrected chi connectivity index (χ4v) is 2.88. The molecule has 7 heteroatoms. The minimum absolute atomic E-state index is 0.0332. The first kappa shape index (κ1) is 19.4. The molecule has 0 aromatic carbocycles. The molecule has 2 atom stereocenters. The molecule has 0 bridgehead atoms. The summed E-state index contributed by atoms with van der Waals surface area (Å²) < 4.78 is 4.96. The summed E-state index contributed by atoms with van der Waals surface area (Å²) in [6.07, 6.45) is 1.55. The van der Waals surface area contributed by atoms with E-state index in [0.29, 0.717) is 17.5 Å². The molecule has 2 unspecified atom stereocenters. The molecule has 2 heterocycles. The number of carbonyl (C=O) groups is 2. The number of aryl methyl sites for hydroxylation is 1. The third-order valence-electron chi connectivity index (χ3n) is 5.08. The van der Waals surface area contributed by atoms with E-state index >= 15 is 0 Å². The minimum Gasteiger partial charge on any atom is -0.360 e. The van der Waals surface area contributed by atoms with E-state index in [4.69, 9.17) is 4.52 Å². The van der Waals surface area contributed by atoms with Gasteiger partial charge in [0.05, 0.1) is 6.04 Å². The summed E-state index contributed by atoms with van der Waals surface area (Å²) in [5, 5.41) is 9.64. The summed E-state index contributed by atoms with van der Waals surface area (Å²) in [5.74, 6) is 1.58. The molecule has 0 aliphatic carbocycles. The van der Waals surface area contributed by atoms with Crippen molar-refractivity contribution in [1.82, 2.24) is 15.4 Å². The van der Waals surface area contributed by atoms with Gasteiger partial charge in [0.15, 0.2) is 5.82 Å². The second-order valence-corrected chi connectivity index (χ2v) is 7.34. The van der Waals surface area contributed by atoms with Crippen LogP contribution in [-0.4, -0.2) is 47.0 Å². The summed E-state index contributed by atoms with van der Waals surface area (Å²) in [6, 6.07) is 1.61. The number of amides is 2. The number of rotatable bonds is 6. The van der Waals surface area contributed by atoms with Crippen LogP contribution in [0.1, 0.15) is 46.3 Å². The molecule has 0 spiro atoms. The molecule has 2 amide bonds. The summed E-state index contributed by atoms with van der Waals surface area (Å²) >= 11 is 0. The molecule has 1 aliphatic rings. The number of hydrogen-bond donors (Lipinski definition) is 2. The van der Waals surface area contributed by atoms with Crippen LogP contribution >= 0.6 is 0 Å². The predicted octanol–water partition coefficient (Wildman–Crippen LogP) is 2.18. The number of anilines is 1. The highest BCUT2D eigenvalue weighted by Crippen LogP contribution is 2.20. The van der Waals surface area contributed by atoms with Crippen molar-refractivity contribution < 1.29 is 14.1 Å². The zero-order chi connectivity index (χ0) is 18.6. The Kier molecular flexibility index (Phi) is 6.58. The van der Waals surface area contributed by atoms with Crippen molar-refractivity contribution in [1.29, 1.82) is 0 Å². The first-order chi connectivity index (χ1) is 11.8. The maximum atomic E-state index is 12.3. The number of aromatic nitrogens is 1. The van der Waals surface area contributed by atoms with E-state index in [1.54, 1.807) is 13.0 Å². The smallest absolute Gasteiger partial charge is 0.242 e. The van der Waals surface area contributed by atoms with Gasteiger partial charge in [-0.3, -0.25) is 14.5 Å². The Labute approximate surface area is 149 Å². The van der Waals surface area contributed by atoms with Gasteiger partial charge in [-0.1, -0.05) is 19.0 Å². The van der Waals surface area contributed by atoms with Crippen LogP contribution in [0.25, 0.3) is 0 Å². The van der Waals surface area contributed by atoms with Gasteiger partial charge < -0.3 is 15.2 Å². The lowest BCUT2D eigenvalue weighted by Gasteiger charge is -2.35. The number of nitrogens with one attached hydrogen (secondary N) is 2. The lowest BCUT2D eigenvalue weighted by Crippen LogP contribution is -2.49. The van der Waals surface area contributed by atoms with Crippen LogP contribution in [0.15, 0.2) is 10.6 Å². The van der Waals surface area contributed by atoms with E-state index in [9.17, 15) is 9.59 Å². The Balaban J connectivity index is 1.80. The van der Waals surface area contributed by atoms with Crippen LogP contribution in [0.4, 0.5) is 5.82 Å². The largest absolute Gasteiger partial charge is 0.360 e. The van der Waals surface area contributed by atoms with Crippen molar-refractivity contribution in [2.24, 2.45) is 11.8 Å². The van der Waals surface area contributed by atoms with Crippen LogP contribution in [0.2, 0.25) is 0 Å². The van der Waals surface area contributed by atoms with Crippen LogP contribution < -0.4 is 10.6 Å². The van der Waals surface area contributed by atoms with E-state index < -0.39 is 0 Å². The first-order valence-corrected chi connectivity index (χ1v) is 9.06. The summed E-state index contributed by atoms with van der Waals surface area (Å²) in [7, 11) is 0. The number of hydrogen-bond acceptors (Lipinski definition) is 5. The summed E-state index contributed by atoms with van der Waals surface area (Å²) in [4.78, 5) is 26.8. The molecular weight excluding hydrogens is 320 g/mol. The van der Waals surface area contributed by atoms with Crippen molar-refractivity contribution >= 4 is 17.6 Å². The highest BCUT2D eigenvalue weighted by molar-refractivity contribution is 5.93. The Hall–Kier alpha value is -1.89. The molecule has 1 fully saturated rings. The molecule has 1 aromatic rings. The number of carbonyl (C=O) groups excluding carboxylic acids is 2. The van der Waals surface area contributed by atoms with Gasteiger partial charge in [-0.05, 0) is 52.6 Å². The molecule has 0 saturated carbocycles. The van der Waals surface area contributed by atoms with Crippen molar-refractivity contribution in [3.05, 3.63) is 11.8 Å². The first-order valence-electron chi connectivity index (χ1n) is 9.06. The Morgan fingerprint density at radius 1 is 1.24 bits per heavy atom. The average Bonchev–Trinajstić information content (AvgIpc) is 2.98. The van der Waals surface area contributed by atoms with E-state index in [2.05, 4.69) is 34.5 Å². The van der Waals surface area contributed by atoms with E-state index in [1.165, 1.54) is 0 Å². The lowest BCUT2D eigenvalue weighted by atomic mass is 9.94. The monoisotopic (exact) mass is 350 g/mol. The number of nitrogens with zero attached hydrogens (tertiary/aromatic N) is 2. The van der Waals surface area contributed by atoms with E-state index in [-0.39, 0.29) is 29.8 Å². The normalized spacial score (nSPS) is 18.8. The third kappa shape index (κ3) is 5.29. The molecule has 1 aromatic heterocycles. The Morgan fingerprint density at radius 2 is 1.88 bits per heavy atom. The molecular formula is C18H30N4O3. The van der Waals surface area contributed by atoms with E-state index in [1.807, 2.05) is 13.8 Å². The molecule has 1 aliphatic heterocycles. The van der Waals surface area contributed by atoms with Gasteiger partial charge >= 0.3 is 0 Å². The van der Waals surface area contributed by atoms with Crippen molar-refractivity contribution in [2.75, 3.05) is 18.4 Å². The molecule has 2 N–H and O–H groups in total. The maximum absolute atomic E-state index is 12.3. The highest BCUT2D eigenvalue weighted by Gasteiger charge is 2.30. The Bertz CT molecular complexity index is 591. The van der Waals surface area contributed by atoms with Crippen LogP contribution in [0.5, 0.6) is 0 Å². The maximum Gasteiger partial charge on any atom is 0.242 e. The van der Waals surface area contributed by atoms with Crippen molar-refractivity contribution in [2.45, 2.75) is 59.5 Å². The minimum atomic E-state index is -0.268. The van der Waals surface area contributed by atoms with Gasteiger partial charge in [-0.25, -0.2) is 0 Å². The van der Waals surface area contributed by atoms with Crippen LogP contribution in [0.3, 0.4) is 0 Å². The second-order valence-electron chi connectivity index (χ2n) is 7.34. The van der Waals surface area contributed by atoms with Gasteiger partial charge in [0.2, 0.25) is 11.8 Å². The molecule has 0 radical (unpaired) electrons. The quantitative estimate of drug-likeness (QED) is 0.821. The van der Waals surface area contributed by atoms with E-state index in [0.717, 1.165) is 25.9 Å². The molecule has 7 nitrogen and oxygen atoms in total. The molecule has 25 heavy (non-hydrogen) atoms. The van der Waals surface area contributed by atoms with Crippen molar-refractivity contribution in [3.8, 4) is 0 Å². The topological polar surface area (TPSA) is 87.5 Å². The molecule has 2 rings (SSSR count). The fourth-order valence-electron chi connectivity index (χ4n) is 2.88.